The van der Waals surface area contributed by atoms with Crippen LogP contribution in [0.5, 0.6) is 0 Å². The standard InChI is InChI=1S/C6H4BrN3S/c7-4-3-10-2-1-8-5(10)6(11)9-4/h1-3H,(H,9,11). The van der Waals surface area contributed by atoms with Crippen molar-refractivity contribution in [3.05, 3.63) is 23.2 Å². The van der Waals surface area contributed by atoms with Crippen LogP contribution < -0.4 is 0 Å². The molecule has 0 saturated heterocycles. The van der Waals surface area contributed by atoms with Crippen LogP contribution in [0.3, 0.4) is 0 Å². The number of rotatable bonds is 0. The van der Waals surface area contributed by atoms with Crippen molar-refractivity contribution in [2.24, 2.45) is 0 Å². The summed E-state index contributed by atoms with van der Waals surface area (Å²) in [6, 6.07) is 0. The predicted octanol–water partition coefficient (Wildman–Crippen LogP) is 1.78. The first-order valence-corrected chi connectivity index (χ1v) is 4.19. The van der Waals surface area contributed by atoms with Gasteiger partial charge in [0.05, 0.1) is 0 Å². The summed E-state index contributed by atoms with van der Waals surface area (Å²) >= 11 is 7.42. The van der Waals surface area contributed by atoms with E-state index in [0.29, 0.717) is 5.03 Å². The molecule has 0 unspecified atom stereocenters. The molecule has 5 heteroatoms. The number of nitrogens with zero attached hydrogens (tertiary/aromatic N) is 3. The van der Waals surface area contributed by atoms with Crippen LogP contribution in [0.1, 0.15) is 0 Å². The zero-order valence-electron chi connectivity index (χ0n) is 5.40. The Hall–Kier alpha value is -0.550. The zero-order valence-corrected chi connectivity index (χ0v) is 7.88. The lowest BCUT2D eigenvalue weighted by atomic mass is 10.7. The highest BCUT2D eigenvalue weighted by Gasteiger charge is 2.00. The third-order valence-corrected chi connectivity index (χ3v) is 2.01. The van der Waals surface area contributed by atoms with Gasteiger partial charge in [-0.05, 0) is 15.9 Å². The van der Waals surface area contributed by atoms with E-state index in [4.69, 9.17) is 0 Å². The molecule has 0 spiro atoms. The number of thiol groups is 1. The van der Waals surface area contributed by atoms with Gasteiger partial charge in [-0.2, -0.15) is 0 Å². The maximum atomic E-state index is 4.16. The van der Waals surface area contributed by atoms with E-state index in [1.807, 2.05) is 16.8 Å². The van der Waals surface area contributed by atoms with Crippen molar-refractivity contribution in [1.29, 1.82) is 0 Å². The molecular formula is C6H4BrN3S. The third-order valence-electron chi connectivity index (χ3n) is 1.33. The van der Waals surface area contributed by atoms with Gasteiger partial charge < -0.3 is 4.40 Å². The van der Waals surface area contributed by atoms with Gasteiger partial charge in [0.15, 0.2) is 5.65 Å². The minimum Gasteiger partial charge on any atom is -0.302 e. The molecule has 0 amide bonds. The second-order valence-corrected chi connectivity index (χ2v) is 3.28. The van der Waals surface area contributed by atoms with Crippen LogP contribution >= 0.6 is 28.6 Å². The van der Waals surface area contributed by atoms with Crippen LogP contribution in [0.2, 0.25) is 0 Å². The summed E-state index contributed by atoms with van der Waals surface area (Å²) in [5, 5.41) is 0.629. The van der Waals surface area contributed by atoms with Crippen LogP contribution in [0.25, 0.3) is 5.65 Å². The summed E-state index contributed by atoms with van der Waals surface area (Å²) in [4.78, 5) is 8.13. The van der Waals surface area contributed by atoms with Crippen molar-refractivity contribution in [3.63, 3.8) is 0 Å². The first-order valence-electron chi connectivity index (χ1n) is 2.95. The monoisotopic (exact) mass is 229 g/mol. The van der Waals surface area contributed by atoms with E-state index in [9.17, 15) is 0 Å². The molecule has 0 atom stereocenters. The molecule has 0 aliphatic carbocycles. The lowest BCUT2D eigenvalue weighted by molar-refractivity contribution is 1.01. The predicted molar refractivity (Wildman–Crippen MR) is 47.9 cm³/mol. The van der Waals surface area contributed by atoms with Gasteiger partial charge in [0.25, 0.3) is 0 Å². The average Bonchev–Trinajstić information content (AvgIpc) is 2.34. The maximum Gasteiger partial charge on any atom is 0.169 e. The van der Waals surface area contributed by atoms with Gasteiger partial charge in [-0.25, -0.2) is 9.97 Å². The summed E-state index contributed by atoms with van der Waals surface area (Å²) in [6.45, 7) is 0. The molecule has 0 bridgehead atoms. The number of fused-ring (bicyclic) bond motifs is 1. The topological polar surface area (TPSA) is 30.2 Å². The number of aromatic nitrogens is 3. The van der Waals surface area contributed by atoms with Gasteiger partial charge in [0, 0.05) is 18.6 Å². The molecule has 2 rings (SSSR count). The Kier molecular flexibility index (Phi) is 1.61. The summed E-state index contributed by atoms with van der Waals surface area (Å²) in [5.74, 6) is 0. The Balaban J connectivity index is 2.91. The highest BCUT2D eigenvalue weighted by Crippen LogP contribution is 2.14. The fourth-order valence-corrected chi connectivity index (χ4v) is 1.70. The average molecular weight is 230 g/mol. The Bertz CT molecular complexity index is 398. The second kappa shape index (κ2) is 2.49. The summed E-state index contributed by atoms with van der Waals surface area (Å²) in [6.07, 6.45) is 5.40. The largest absolute Gasteiger partial charge is 0.302 e. The van der Waals surface area contributed by atoms with Crippen LogP contribution in [0, 0.1) is 0 Å². The zero-order chi connectivity index (χ0) is 7.84. The molecule has 11 heavy (non-hydrogen) atoms. The van der Waals surface area contributed by atoms with Crippen molar-refractivity contribution in [3.8, 4) is 0 Å². The number of hydrogen-bond acceptors (Lipinski definition) is 3. The number of hydrogen-bond donors (Lipinski definition) is 1. The Morgan fingerprint density at radius 1 is 1.55 bits per heavy atom. The van der Waals surface area contributed by atoms with E-state index in [-0.39, 0.29) is 0 Å². The molecule has 56 valence electrons. The third kappa shape index (κ3) is 1.14. The van der Waals surface area contributed by atoms with E-state index in [0.717, 1.165) is 10.3 Å². The molecule has 2 heterocycles. The molecule has 0 radical (unpaired) electrons. The Morgan fingerprint density at radius 3 is 3.18 bits per heavy atom. The summed E-state index contributed by atoms with van der Waals surface area (Å²) in [7, 11) is 0. The van der Waals surface area contributed by atoms with Gasteiger partial charge in [0.1, 0.15) is 9.63 Å². The van der Waals surface area contributed by atoms with Crippen LogP contribution in [0.4, 0.5) is 0 Å². The van der Waals surface area contributed by atoms with Crippen molar-refractivity contribution < 1.29 is 0 Å². The van der Waals surface area contributed by atoms with Crippen LogP contribution in [-0.2, 0) is 0 Å². The van der Waals surface area contributed by atoms with Gasteiger partial charge in [-0.15, -0.1) is 12.6 Å². The van der Waals surface area contributed by atoms with Crippen LogP contribution in [0.15, 0.2) is 28.2 Å². The molecule has 2 aromatic rings. The molecule has 0 aromatic carbocycles. The molecule has 0 fully saturated rings. The lowest BCUT2D eigenvalue weighted by Gasteiger charge is -1.96. The van der Waals surface area contributed by atoms with Gasteiger partial charge in [-0.3, -0.25) is 0 Å². The van der Waals surface area contributed by atoms with Crippen molar-refractivity contribution >= 4 is 34.2 Å². The highest BCUT2D eigenvalue weighted by molar-refractivity contribution is 9.10. The van der Waals surface area contributed by atoms with Crippen molar-refractivity contribution in [1.82, 2.24) is 14.4 Å². The normalized spacial score (nSPS) is 10.7. The molecule has 0 aliphatic heterocycles. The van der Waals surface area contributed by atoms with E-state index >= 15 is 0 Å². The molecule has 0 saturated carbocycles. The lowest BCUT2D eigenvalue weighted by Crippen LogP contribution is -1.88. The van der Waals surface area contributed by atoms with Crippen molar-refractivity contribution in [2.45, 2.75) is 5.03 Å². The highest BCUT2D eigenvalue weighted by atomic mass is 79.9. The number of halogens is 1. The molecule has 3 nitrogen and oxygen atoms in total. The first kappa shape index (κ1) is 7.12. The van der Waals surface area contributed by atoms with Gasteiger partial charge >= 0.3 is 0 Å². The smallest absolute Gasteiger partial charge is 0.169 e. The molecule has 0 N–H and O–H groups in total. The van der Waals surface area contributed by atoms with E-state index in [1.165, 1.54) is 0 Å². The van der Waals surface area contributed by atoms with E-state index in [1.54, 1.807) is 6.20 Å². The summed E-state index contributed by atoms with van der Waals surface area (Å²) < 4.78 is 2.62. The van der Waals surface area contributed by atoms with Crippen LogP contribution in [-0.4, -0.2) is 14.4 Å². The minimum atomic E-state index is 0.629. The Labute approximate surface area is 77.0 Å². The fourth-order valence-electron chi connectivity index (χ4n) is 0.885. The van der Waals surface area contributed by atoms with E-state index < -0.39 is 0 Å². The molecule has 2 aromatic heterocycles. The number of imidazole rings is 1. The minimum absolute atomic E-state index is 0.629. The molecular weight excluding hydrogens is 226 g/mol. The maximum absolute atomic E-state index is 4.16. The first-order chi connectivity index (χ1) is 5.27. The quantitative estimate of drug-likeness (QED) is 0.699. The van der Waals surface area contributed by atoms with Crippen molar-refractivity contribution in [2.75, 3.05) is 0 Å². The second-order valence-electron chi connectivity index (χ2n) is 2.05. The van der Waals surface area contributed by atoms with Gasteiger partial charge in [0.2, 0.25) is 0 Å². The summed E-state index contributed by atoms with van der Waals surface area (Å²) in [5.41, 5.74) is 0.775. The SMILES string of the molecule is Sc1nc(Br)cn2ccnc12. The molecule has 0 aliphatic rings. The van der Waals surface area contributed by atoms with Gasteiger partial charge in [-0.1, -0.05) is 0 Å². The van der Waals surface area contributed by atoms with E-state index in [2.05, 4.69) is 38.5 Å². The Morgan fingerprint density at radius 2 is 2.36 bits per heavy atom. The fraction of sp³-hybridized carbons (Fsp3) is 0.